The molecule has 2 aromatic carbocycles. The Hall–Kier alpha value is -2.87. The second-order valence-corrected chi connectivity index (χ2v) is 8.67. The summed E-state index contributed by atoms with van der Waals surface area (Å²) in [6.45, 7) is 3.88. The minimum absolute atomic E-state index is 0.155. The number of nitrogens with one attached hydrogen (secondary N) is 1. The molecule has 2 aromatic rings. The van der Waals surface area contributed by atoms with E-state index in [2.05, 4.69) is 5.32 Å². The fourth-order valence-electron chi connectivity index (χ4n) is 2.41. The largest absolute Gasteiger partial charge is 0.492 e. The van der Waals surface area contributed by atoms with Crippen molar-refractivity contribution >= 4 is 21.7 Å². The van der Waals surface area contributed by atoms with Crippen LogP contribution in [0.2, 0.25) is 0 Å². The summed E-state index contributed by atoms with van der Waals surface area (Å²) in [5, 5.41) is 2.57. The average Bonchev–Trinajstić information content (AvgIpc) is 2.68. The van der Waals surface area contributed by atoms with Crippen LogP contribution in [0.3, 0.4) is 0 Å². The van der Waals surface area contributed by atoms with Crippen molar-refractivity contribution in [1.29, 1.82) is 0 Å². The molecule has 1 amide bonds. The Morgan fingerprint density at radius 1 is 1.00 bits per heavy atom. The first-order valence-corrected chi connectivity index (χ1v) is 10.8. The predicted octanol–water partition coefficient (Wildman–Crippen LogP) is 2.21. The van der Waals surface area contributed by atoms with Gasteiger partial charge in [0.15, 0.2) is 16.4 Å². The molecule has 0 bridgehead atoms. The minimum atomic E-state index is -3.58. The molecule has 0 saturated heterocycles. The highest BCUT2D eigenvalue weighted by Gasteiger charge is 2.17. The zero-order chi connectivity index (χ0) is 21.3. The normalized spacial score (nSPS) is 11.0. The van der Waals surface area contributed by atoms with Crippen molar-refractivity contribution in [3.8, 4) is 5.75 Å². The van der Waals surface area contributed by atoms with Gasteiger partial charge in [-0.05, 0) is 43.7 Å². The summed E-state index contributed by atoms with van der Waals surface area (Å²) in [4.78, 5) is 23.6. The molecule has 0 aliphatic carbocycles. The van der Waals surface area contributed by atoms with E-state index in [0.717, 1.165) is 11.1 Å². The molecule has 0 fully saturated rings. The van der Waals surface area contributed by atoms with Gasteiger partial charge in [-0.15, -0.1) is 0 Å². The maximum Gasteiger partial charge on any atom is 0.307 e. The summed E-state index contributed by atoms with van der Waals surface area (Å²) in [5.74, 6) is -0.888. The standard InChI is InChI=1S/C21H25NO6S/c1-16-6-8-19(9-7-16)29(25,26)13-10-21(24)28-15-20(23)22-11-12-27-18-5-3-4-17(2)14-18/h3-9,14H,10-13,15H2,1-2H3,(H,22,23). The van der Waals surface area contributed by atoms with Gasteiger partial charge in [0.1, 0.15) is 12.4 Å². The van der Waals surface area contributed by atoms with E-state index in [1.807, 2.05) is 38.1 Å². The lowest BCUT2D eigenvalue weighted by Gasteiger charge is -2.09. The number of benzene rings is 2. The molecule has 29 heavy (non-hydrogen) atoms. The maximum absolute atomic E-state index is 12.2. The number of carbonyl (C=O) groups excluding carboxylic acids is 2. The molecule has 0 heterocycles. The first-order valence-electron chi connectivity index (χ1n) is 9.17. The lowest BCUT2D eigenvalue weighted by Crippen LogP contribution is -2.32. The number of rotatable bonds is 10. The number of hydrogen-bond donors (Lipinski definition) is 1. The second kappa shape index (κ2) is 10.6. The van der Waals surface area contributed by atoms with Crippen molar-refractivity contribution in [2.75, 3.05) is 25.5 Å². The van der Waals surface area contributed by atoms with Gasteiger partial charge in [-0.25, -0.2) is 8.42 Å². The zero-order valence-corrected chi connectivity index (χ0v) is 17.3. The first-order chi connectivity index (χ1) is 13.8. The van der Waals surface area contributed by atoms with Crippen molar-refractivity contribution in [3.63, 3.8) is 0 Å². The number of carbonyl (C=O) groups is 2. The maximum atomic E-state index is 12.2. The fraction of sp³-hybridized carbons (Fsp3) is 0.333. The zero-order valence-electron chi connectivity index (χ0n) is 16.5. The highest BCUT2D eigenvalue weighted by atomic mass is 32.2. The second-order valence-electron chi connectivity index (χ2n) is 6.56. The molecule has 0 spiro atoms. The Kier molecular flexibility index (Phi) is 8.21. The van der Waals surface area contributed by atoms with Crippen LogP contribution in [0, 0.1) is 13.8 Å². The molecule has 156 valence electrons. The quantitative estimate of drug-likeness (QED) is 0.468. The van der Waals surface area contributed by atoms with E-state index >= 15 is 0 Å². The van der Waals surface area contributed by atoms with Crippen LogP contribution >= 0.6 is 0 Å². The molecule has 0 saturated carbocycles. The van der Waals surface area contributed by atoms with Gasteiger partial charge in [-0.3, -0.25) is 9.59 Å². The van der Waals surface area contributed by atoms with Gasteiger partial charge in [0.25, 0.3) is 5.91 Å². The van der Waals surface area contributed by atoms with E-state index < -0.39 is 28.3 Å². The fourth-order valence-corrected chi connectivity index (χ4v) is 3.64. The van der Waals surface area contributed by atoms with E-state index in [1.165, 1.54) is 12.1 Å². The number of amides is 1. The van der Waals surface area contributed by atoms with Gasteiger partial charge in [0, 0.05) is 0 Å². The van der Waals surface area contributed by atoms with Gasteiger partial charge >= 0.3 is 5.97 Å². The SMILES string of the molecule is Cc1ccc(S(=O)(=O)CCC(=O)OCC(=O)NCCOc2cccc(C)c2)cc1. The van der Waals surface area contributed by atoms with Gasteiger partial charge in [0.05, 0.1) is 23.6 Å². The van der Waals surface area contributed by atoms with Crippen LogP contribution in [0.1, 0.15) is 17.5 Å². The average molecular weight is 419 g/mol. The van der Waals surface area contributed by atoms with Crippen LogP contribution < -0.4 is 10.1 Å². The van der Waals surface area contributed by atoms with E-state index in [4.69, 9.17) is 9.47 Å². The molecule has 1 N–H and O–H groups in total. The van der Waals surface area contributed by atoms with Crippen LogP contribution in [-0.2, 0) is 24.2 Å². The highest BCUT2D eigenvalue weighted by molar-refractivity contribution is 7.91. The molecular weight excluding hydrogens is 394 g/mol. The van der Waals surface area contributed by atoms with Crippen molar-refractivity contribution in [2.45, 2.75) is 25.2 Å². The molecule has 0 unspecified atom stereocenters. The Bertz CT molecular complexity index is 938. The summed E-state index contributed by atoms with van der Waals surface area (Å²) >= 11 is 0. The van der Waals surface area contributed by atoms with Crippen molar-refractivity contribution in [2.24, 2.45) is 0 Å². The molecule has 0 aliphatic heterocycles. The van der Waals surface area contributed by atoms with E-state index in [0.29, 0.717) is 5.75 Å². The lowest BCUT2D eigenvalue weighted by atomic mass is 10.2. The Morgan fingerprint density at radius 2 is 1.72 bits per heavy atom. The Morgan fingerprint density at radius 3 is 2.41 bits per heavy atom. The molecular formula is C21H25NO6S. The van der Waals surface area contributed by atoms with E-state index in [9.17, 15) is 18.0 Å². The van der Waals surface area contributed by atoms with Crippen LogP contribution in [0.25, 0.3) is 0 Å². The third kappa shape index (κ3) is 7.95. The predicted molar refractivity (Wildman–Crippen MR) is 108 cm³/mol. The number of aryl methyl sites for hydroxylation is 2. The molecule has 7 nitrogen and oxygen atoms in total. The number of hydrogen-bond acceptors (Lipinski definition) is 6. The van der Waals surface area contributed by atoms with Crippen molar-refractivity contribution in [3.05, 3.63) is 59.7 Å². The molecule has 0 atom stereocenters. The molecule has 2 rings (SSSR count). The van der Waals surface area contributed by atoms with Crippen LogP contribution in [0.4, 0.5) is 0 Å². The Balaban J connectivity index is 1.64. The molecule has 0 aliphatic rings. The summed E-state index contributed by atoms with van der Waals surface area (Å²) in [5.41, 5.74) is 2.02. The van der Waals surface area contributed by atoms with Gasteiger partial charge < -0.3 is 14.8 Å². The van der Waals surface area contributed by atoms with Crippen LogP contribution in [0.15, 0.2) is 53.4 Å². The van der Waals surface area contributed by atoms with E-state index in [1.54, 1.807) is 12.1 Å². The summed E-state index contributed by atoms with van der Waals surface area (Å²) in [6, 6.07) is 13.9. The monoisotopic (exact) mass is 419 g/mol. The van der Waals surface area contributed by atoms with Gasteiger partial charge in [0.2, 0.25) is 0 Å². The smallest absolute Gasteiger partial charge is 0.307 e. The highest BCUT2D eigenvalue weighted by Crippen LogP contribution is 2.13. The number of esters is 1. The van der Waals surface area contributed by atoms with Crippen molar-refractivity contribution < 1.29 is 27.5 Å². The summed E-state index contributed by atoms with van der Waals surface area (Å²) in [7, 11) is -3.58. The lowest BCUT2D eigenvalue weighted by molar-refractivity contribution is -0.148. The Labute approximate surface area is 170 Å². The number of ether oxygens (including phenoxy) is 2. The third-order valence-corrected chi connectivity index (χ3v) is 5.73. The summed E-state index contributed by atoms with van der Waals surface area (Å²) < 4.78 is 34.7. The summed E-state index contributed by atoms with van der Waals surface area (Å²) in [6.07, 6.45) is -0.319. The van der Waals surface area contributed by atoms with Crippen LogP contribution in [0.5, 0.6) is 5.75 Å². The molecule has 0 aromatic heterocycles. The minimum Gasteiger partial charge on any atom is -0.492 e. The first kappa shape index (κ1) is 22.4. The number of sulfone groups is 1. The van der Waals surface area contributed by atoms with Gasteiger partial charge in [-0.1, -0.05) is 29.8 Å². The van der Waals surface area contributed by atoms with Crippen LogP contribution in [-0.4, -0.2) is 45.8 Å². The van der Waals surface area contributed by atoms with E-state index in [-0.39, 0.29) is 30.2 Å². The van der Waals surface area contributed by atoms with Gasteiger partial charge in [-0.2, -0.15) is 0 Å². The van der Waals surface area contributed by atoms with Crippen molar-refractivity contribution in [1.82, 2.24) is 5.32 Å². The topological polar surface area (TPSA) is 98.8 Å². The third-order valence-electron chi connectivity index (χ3n) is 4.00. The molecule has 8 heteroatoms. The molecule has 0 radical (unpaired) electrons.